The van der Waals surface area contributed by atoms with Gasteiger partial charge in [-0.25, -0.2) is 4.79 Å². The molecule has 0 radical (unpaired) electrons. The van der Waals surface area contributed by atoms with Crippen molar-refractivity contribution in [3.63, 3.8) is 0 Å². The Labute approximate surface area is 115 Å². The van der Waals surface area contributed by atoms with E-state index in [0.29, 0.717) is 11.3 Å². The minimum Gasteiger partial charge on any atom is -0.459 e. The van der Waals surface area contributed by atoms with Gasteiger partial charge in [0.25, 0.3) is 0 Å². The molecule has 1 aromatic carbocycles. The molecular formula is C14H22ClNO2. The van der Waals surface area contributed by atoms with E-state index in [-0.39, 0.29) is 24.5 Å². The predicted molar refractivity (Wildman–Crippen MR) is 77.4 cm³/mol. The van der Waals surface area contributed by atoms with Gasteiger partial charge in [-0.3, -0.25) is 0 Å². The highest BCUT2D eigenvalue weighted by Gasteiger charge is 2.18. The molecule has 0 bridgehead atoms. The molecule has 4 heteroatoms. The summed E-state index contributed by atoms with van der Waals surface area (Å²) < 4.78 is 5.24. The van der Waals surface area contributed by atoms with Crippen LogP contribution < -0.4 is 5.73 Å². The highest BCUT2D eigenvalue weighted by molar-refractivity contribution is 5.97. The van der Waals surface area contributed by atoms with Gasteiger partial charge in [-0.1, -0.05) is 26.0 Å². The van der Waals surface area contributed by atoms with E-state index in [0.717, 1.165) is 24.0 Å². The molecule has 102 valence electrons. The number of nitrogens with two attached hydrogens (primary N) is 1. The predicted octanol–water partition coefficient (Wildman–Crippen LogP) is 3.38. The van der Waals surface area contributed by atoms with Crippen molar-refractivity contribution in [3.05, 3.63) is 28.8 Å². The number of anilines is 1. The second-order valence-corrected chi connectivity index (χ2v) is 4.33. The van der Waals surface area contributed by atoms with Crippen LogP contribution in [-0.4, -0.2) is 12.1 Å². The zero-order chi connectivity index (χ0) is 13.0. The van der Waals surface area contributed by atoms with Gasteiger partial charge in [0.1, 0.15) is 0 Å². The standard InChI is InChI=1S/C14H21NO2.ClH/c1-5-10-7-8-11(6-2)13(15)12(10)14(16)17-9(3)4;/h7-9H,5-6,15H2,1-4H3;1H. The summed E-state index contributed by atoms with van der Waals surface area (Å²) in [7, 11) is 0. The molecule has 0 saturated carbocycles. The van der Waals surface area contributed by atoms with Gasteiger partial charge < -0.3 is 10.5 Å². The van der Waals surface area contributed by atoms with Crippen molar-refractivity contribution in [3.8, 4) is 0 Å². The maximum atomic E-state index is 12.0. The van der Waals surface area contributed by atoms with Crippen molar-refractivity contribution in [2.45, 2.75) is 46.6 Å². The minimum absolute atomic E-state index is 0. The average Bonchev–Trinajstić information content (AvgIpc) is 2.27. The van der Waals surface area contributed by atoms with Crippen molar-refractivity contribution in [2.75, 3.05) is 5.73 Å². The third kappa shape index (κ3) is 3.64. The Kier molecular flexibility index (Phi) is 6.77. The van der Waals surface area contributed by atoms with Gasteiger partial charge in [-0.15, -0.1) is 12.4 Å². The average molecular weight is 272 g/mol. The van der Waals surface area contributed by atoms with Crippen molar-refractivity contribution in [2.24, 2.45) is 0 Å². The number of rotatable bonds is 4. The van der Waals surface area contributed by atoms with E-state index < -0.39 is 0 Å². The second kappa shape index (κ2) is 7.27. The van der Waals surface area contributed by atoms with E-state index in [2.05, 4.69) is 0 Å². The first-order chi connectivity index (χ1) is 8.01. The second-order valence-electron chi connectivity index (χ2n) is 4.33. The Hall–Kier alpha value is -1.22. The topological polar surface area (TPSA) is 52.3 Å². The summed E-state index contributed by atoms with van der Waals surface area (Å²) in [6.07, 6.45) is 1.46. The lowest BCUT2D eigenvalue weighted by Crippen LogP contribution is -2.16. The zero-order valence-electron chi connectivity index (χ0n) is 11.4. The summed E-state index contributed by atoms with van der Waals surface area (Å²) in [5.74, 6) is -0.315. The summed E-state index contributed by atoms with van der Waals surface area (Å²) >= 11 is 0. The monoisotopic (exact) mass is 271 g/mol. The van der Waals surface area contributed by atoms with Gasteiger partial charge >= 0.3 is 5.97 Å². The Bertz CT molecular complexity index is 417. The van der Waals surface area contributed by atoms with Crippen molar-refractivity contribution in [1.29, 1.82) is 0 Å². The van der Waals surface area contributed by atoms with Crippen LogP contribution >= 0.6 is 12.4 Å². The van der Waals surface area contributed by atoms with Crippen LogP contribution in [0.2, 0.25) is 0 Å². The van der Waals surface area contributed by atoms with Crippen LogP contribution in [0.15, 0.2) is 12.1 Å². The molecule has 1 aromatic rings. The van der Waals surface area contributed by atoms with Crippen LogP contribution in [0.5, 0.6) is 0 Å². The summed E-state index contributed by atoms with van der Waals surface area (Å²) in [5.41, 5.74) is 9.10. The molecule has 0 saturated heterocycles. The molecule has 0 unspecified atom stereocenters. The molecule has 0 amide bonds. The van der Waals surface area contributed by atoms with E-state index in [1.165, 1.54) is 0 Å². The number of benzene rings is 1. The normalized spacial score (nSPS) is 10.1. The third-order valence-corrected chi connectivity index (χ3v) is 2.73. The SMILES string of the molecule is CCc1ccc(CC)c(C(=O)OC(C)C)c1N.Cl. The van der Waals surface area contributed by atoms with Crippen LogP contribution in [-0.2, 0) is 17.6 Å². The van der Waals surface area contributed by atoms with E-state index in [1.807, 2.05) is 39.8 Å². The van der Waals surface area contributed by atoms with Gasteiger partial charge in [-0.2, -0.15) is 0 Å². The molecule has 0 aliphatic heterocycles. The van der Waals surface area contributed by atoms with Crippen LogP contribution in [0.4, 0.5) is 5.69 Å². The van der Waals surface area contributed by atoms with Gasteiger partial charge in [-0.05, 0) is 37.8 Å². The van der Waals surface area contributed by atoms with Crippen LogP contribution in [0, 0.1) is 0 Å². The number of esters is 1. The summed E-state index contributed by atoms with van der Waals surface area (Å²) in [6.45, 7) is 7.70. The first kappa shape index (κ1) is 16.8. The molecule has 0 aromatic heterocycles. The van der Waals surface area contributed by atoms with Crippen LogP contribution in [0.3, 0.4) is 0 Å². The highest BCUT2D eigenvalue weighted by Crippen LogP contribution is 2.24. The fraction of sp³-hybridized carbons (Fsp3) is 0.500. The fourth-order valence-electron chi connectivity index (χ4n) is 1.82. The van der Waals surface area contributed by atoms with Crippen molar-refractivity contribution >= 4 is 24.1 Å². The number of nitrogen functional groups attached to an aromatic ring is 1. The van der Waals surface area contributed by atoms with Crippen molar-refractivity contribution < 1.29 is 9.53 Å². The van der Waals surface area contributed by atoms with E-state index in [1.54, 1.807) is 0 Å². The first-order valence-corrected chi connectivity index (χ1v) is 6.12. The molecule has 0 aliphatic carbocycles. The molecule has 0 heterocycles. The Morgan fingerprint density at radius 1 is 1.22 bits per heavy atom. The summed E-state index contributed by atoms with van der Waals surface area (Å²) in [4.78, 5) is 12.0. The van der Waals surface area contributed by atoms with Gasteiger partial charge in [0, 0.05) is 5.69 Å². The molecule has 0 aliphatic rings. The third-order valence-electron chi connectivity index (χ3n) is 2.73. The number of ether oxygens (including phenoxy) is 1. The molecule has 18 heavy (non-hydrogen) atoms. The van der Waals surface area contributed by atoms with Gasteiger partial charge in [0.15, 0.2) is 0 Å². The fourth-order valence-corrected chi connectivity index (χ4v) is 1.82. The van der Waals surface area contributed by atoms with Crippen LogP contribution in [0.25, 0.3) is 0 Å². The number of hydrogen-bond donors (Lipinski definition) is 1. The lowest BCUT2D eigenvalue weighted by molar-refractivity contribution is 0.0378. The molecule has 1 rings (SSSR count). The van der Waals surface area contributed by atoms with E-state index in [4.69, 9.17) is 10.5 Å². The lowest BCUT2D eigenvalue weighted by Gasteiger charge is -2.15. The molecule has 0 fully saturated rings. The van der Waals surface area contributed by atoms with Gasteiger partial charge in [0.2, 0.25) is 0 Å². The number of carbonyl (C=O) groups is 1. The smallest absolute Gasteiger partial charge is 0.340 e. The van der Waals surface area contributed by atoms with E-state index in [9.17, 15) is 4.79 Å². The molecule has 2 N–H and O–H groups in total. The minimum atomic E-state index is -0.315. The maximum Gasteiger partial charge on any atom is 0.340 e. The molecular weight excluding hydrogens is 250 g/mol. The number of aryl methyl sites for hydroxylation is 2. The van der Waals surface area contributed by atoms with Gasteiger partial charge in [0.05, 0.1) is 11.7 Å². The molecule has 3 nitrogen and oxygen atoms in total. The summed E-state index contributed by atoms with van der Waals surface area (Å²) in [6, 6.07) is 3.95. The Morgan fingerprint density at radius 3 is 2.17 bits per heavy atom. The number of halogens is 1. The van der Waals surface area contributed by atoms with Crippen LogP contribution in [0.1, 0.15) is 49.2 Å². The Balaban J connectivity index is 0.00000289. The first-order valence-electron chi connectivity index (χ1n) is 6.12. The molecule has 0 spiro atoms. The van der Waals surface area contributed by atoms with E-state index >= 15 is 0 Å². The Morgan fingerprint density at radius 2 is 1.72 bits per heavy atom. The summed E-state index contributed by atoms with van der Waals surface area (Å²) in [5, 5.41) is 0. The number of carbonyl (C=O) groups excluding carboxylic acids is 1. The largest absolute Gasteiger partial charge is 0.459 e. The highest BCUT2D eigenvalue weighted by atomic mass is 35.5. The maximum absolute atomic E-state index is 12.0. The van der Waals surface area contributed by atoms with Crippen molar-refractivity contribution in [1.82, 2.24) is 0 Å². The molecule has 0 atom stereocenters. The zero-order valence-corrected chi connectivity index (χ0v) is 12.3. The number of hydrogen-bond acceptors (Lipinski definition) is 3. The quantitative estimate of drug-likeness (QED) is 0.675. The lowest BCUT2D eigenvalue weighted by atomic mass is 9.98.